The van der Waals surface area contributed by atoms with Crippen molar-refractivity contribution in [2.45, 2.75) is 39.5 Å². The third kappa shape index (κ3) is 3.95. The molecule has 0 heterocycles. The number of hydrogen-bond donors (Lipinski definition) is 2. The Balaban J connectivity index is 2.56. The Kier molecular flexibility index (Phi) is 5.49. The molecule has 0 fully saturated rings. The summed E-state index contributed by atoms with van der Waals surface area (Å²) in [5.74, 6) is -0.389. The third-order valence-corrected chi connectivity index (χ3v) is 2.81. The van der Waals surface area contributed by atoms with E-state index in [1.165, 1.54) is 0 Å². The number of anilines is 2. The van der Waals surface area contributed by atoms with Crippen molar-refractivity contribution in [1.82, 2.24) is 0 Å². The molecule has 1 aromatic rings. The van der Waals surface area contributed by atoms with E-state index in [1.54, 1.807) is 12.1 Å². The van der Waals surface area contributed by atoms with Crippen LogP contribution in [-0.2, 0) is 4.74 Å². The van der Waals surface area contributed by atoms with Crippen LogP contribution in [0.4, 0.5) is 11.4 Å². The van der Waals surface area contributed by atoms with Gasteiger partial charge in [-0.2, -0.15) is 0 Å². The average Bonchev–Trinajstić information content (AvgIpc) is 2.33. The summed E-state index contributed by atoms with van der Waals surface area (Å²) in [6, 6.07) is 3.45. The number of aryl methyl sites for hydroxylation is 1. The van der Waals surface area contributed by atoms with Crippen molar-refractivity contribution in [3.8, 4) is 0 Å². The fraction of sp³-hybridized carbons (Fsp3) is 0.500. The van der Waals surface area contributed by atoms with Gasteiger partial charge in [-0.15, -0.1) is 0 Å². The molecule has 0 radical (unpaired) electrons. The molecule has 0 unspecified atom stereocenters. The van der Waals surface area contributed by atoms with Crippen LogP contribution in [0.1, 0.15) is 48.5 Å². The molecule has 4 heteroatoms. The summed E-state index contributed by atoms with van der Waals surface area (Å²) >= 11 is 0. The first kappa shape index (κ1) is 14.4. The molecule has 0 saturated carbocycles. The number of esters is 1. The molecular formula is C14H22N2O2. The molecule has 4 N–H and O–H groups in total. The highest BCUT2D eigenvalue weighted by Gasteiger charge is 2.13. The maximum atomic E-state index is 11.8. The Morgan fingerprint density at radius 2 is 1.94 bits per heavy atom. The molecule has 100 valence electrons. The van der Waals surface area contributed by atoms with Gasteiger partial charge in [0.1, 0.15) is 0 Å². The fourth-order valence-corrected chi connectivity index (χ4v) is 1.77. The molecule has 18 heavy (non-hydrogen) atoms. The number of carbonyl (C=O) groups excluding carboxylic acids is 1. The summed E-state index contributed by atoms with van der Waals surface area (Å²) in [6.07, 6.45) is 4.29. The van der Waals surface area contributed by atoms with E-state index in [4.69, 9.17) is 16.2 Å². The van der Waals surface area contributed by atoms with Gasteiger partial charge < -0.3 is 16.2 Å². The second-order valence-electron chi connectivity index (χ2n) is 4.51. The predicted molar refractivity (Wildman–Crippen MR) is 74.4 cm³/mol. The van der Waals surface area contributed by atoms with Crippen molar-refractivity contribution in [2.24, 2.45) is 0 Å². The molecule has 0 atom stereocenters. The number of ether oxygens (including phenoxy) is 1. The second kappa shape index (κ2) is 6.89. The van der Waals surface area contributed by atoms with E-state index < -0.39 is 0 Å². The normalized spacial score (nSPS) is 10.3. The molecule has 0 aliphatic rings. The van der Waals surface area contributed by atoms with E-state index in [-0.39, 0.29) is 5.97 Å². The Hall–Kier alpha value is -1.71. The van der Waals surface area contributed by atoms with E-state index in [0.717, 1.165) is 31.2 Å². The quantitative estimate of drug-likeness (QED) is 0.462. The van der Waals surface area contributed by atoms with E-state index in [1.807, 2.05) is 6.92 Å². The van der Waals surface area contributed by atoms with Crippen molar-refractivity contribution in [3.63, 3.8) is 0 Å². The van der Waals surface area contributed by atoms with E-state index in [0.29, 0.717) is 23.5 Å². The smallest absolute Gasteiger partial charge is 0.340 e. The molecule has 0 aliphatic heterocycles. The zero-order valence-corrected chi connectivity index (χ0v) is 11.2. The highest BCUT2D eigenvalue weighted by Crippen LogP contribution is 2.22. The summed E-state index contributed by atoms with van der Waals surface area (Å²) in [4.78, 5) is 11.8. The summed E-state index contributed by atoms with van der Waals surface area (Å²) < 4.78 is 5.19. The Labute approximate surface area is 108 Å². The first-order chi connectivity index (χ1) is 8.56. The SMILES string of the molecule is CCCCCCOC(=O)c1cc(C)cc(N)c1N. The number of unbranched alkanes of at least 4 members (excludes halogenated alkanes) is 3. The monoisotopic (exact) mass is 250 g/mol. The van der Waals surface area contributed by atoms with E-state index >= 15 is 0 Å². The lowest BCUT2D eigenvalue weighted by atomic mass is 10.1. The average molecular weight is 250 g/mol. The highest BCUT2D eigenvalue weighted by molar-refractivity contribution is 5.98. The maximum absolute atomic E-state index is 11.8. The number of benzene rings is 1. The molecule has 0 aliphatic carbocycles. The van der Waals surface area contributed by atoms with Crippen LogP contribution in [0.5, 0.6) is 0 Å². The van der Waals surface area contributed by atoms with Gasteiger partial charge in [0, 0.05) is 0 Å². The lowest BCUT2D eigenvalue weighted by molar-refractivity contribution is 0.0499. The Morgan fingerprint density at radius 3 is 2.61 bits per heavy atom. The first-order valence-electron chi connectivity index (χ1n) is 6.39. The zero-order chi connectivity index (χ0) is 13.5. The molecular weight excluding hydrogens is 228 g/mol. The highest BCUT2D eigenvalue weighted by atomic mass is 16.5. The molecule has 0 bridgehead atoms. The van der Waals surface area contributed by atoms with E-state index in [9.17, 15) is 4.79 Å². The van der Waals surface area contributed by atoms with E-state index in [2.05, 4.69) is 6.92 Å². The standard InChI is InChI=1S/C14H22N2O2/c1-3-4-5-6-7-18-14(17)11-8-10(2)9-12(15)13(11)16/h8-9H,3-7,15-16H2,1-2H3. The van der Waals surface area contributed by atoms with Crippen LogP contribution >= 0.6 is 0 Å². The van der Waals surface area contributed by atoms with Crippen LogP contribution in [0.2, 0.25) is 0 Å². The Bertz CT molecular complexity index is 417. The van der Waals surface area contributed by atoms with Crippen LogP contribution in [-0.4, -0.2) is 12.6 Å². The van der Waals surface area contributed by atoms with Crippen molar-refractivity contribution in [3.05, 3.63) is 23.3 Å². The van der Waals surface area contributed by atoms with Gasteiger partial charge in [-0.05, 0) is 31.0 Å². The second-order valence-corrected chi connectivity index (χ2v) is 4.51. The van der Waals surface area contributed by atoms with Crippen LogP contribution < -0.4 is 11.5 Å². The van der Waals surface area contributed by atoms with Crippen LogP contribution in [0.25, 0.3) is 0 Å². The largest absolute Gasteiger partial charge is 0.462 e. The van der Waals surface area contributed by atoms with Crippen LogP contribution in [0.3, 0.4) is 0 Å². The lowest BCUT2D eigenvalue weighted by Crippen LogP contribution is -2.11. The number of carbonyl (C=O) groups is 1. The molecule has 4 nitrogen and oxygen atoms in total. The molecule has 0 aromatic heterocycles. The summed E-state index contributed by atoms with van der Waals surface area (Å²) in [5.41, 5.74) is 13.5. The minimum Gasteiger partial charge on any atom is -0.462 e. The maximum Gasteiger partial charge on any atom is 0.340 e. The molecule has 1 aromatic carbocycles. The van der Waals surface area contributed by atoms with Gasteiger partial charge in [0.25, 0.3) is 0 Å². The summed E-state index contributed by atoms with van der Waals surface area (Å²) in [7, 11) is 0. The molecule has 0 spiro atoms. The summed E-state index contributed by atoms with van der Waals surface area (Å²) in [5, 5.41) is 0. The minimum atomic E-state index is -0.389. The summed E-state index contributed by atoms with van der Waals surface area (Å²) in [6.45, 7) is 4.45. The lowest BCUT2D eigenvalue weighted by Gasteiger charge is -2.10. The van der Waals surface area contributed by atoms with Gasteiger partial charge in [0.05, 0.1) is 23.5 Å². The number of hydrogen-bond acceptors (Lipinski definition) is 4. The van der Waals surface area contributed by atoms with Gasteiger partial charge in [0.15, 0.2) is 0 Å². The van der Waals surface area contributed by atoms with Gasteiger partial charge in [0.2, 0.25) is 0 Å². The van der Waals surface area contributed by atoms with Crippen molar-refractivity contribution in [2.75, 3.05) is 18.1 Å². The zero-order valence-electron chi connectivity index (χ0n) is 11.2. The minimum absolute atomic E-state index is 0.305. The third-order valence-electron chi connectivity index (χ3n) is 2.81. The van der Waals surface area contributed by atoms with Crippen molar-refractivity contribution < 1.29 is 9.53 Å². The van der Waals surface area contributed by atoms with Crippen LogP contribution in [0.15, 0.2) is 12.1 Å². The molecule has 1 rings (SSSR count). The fourth-order valence-electron chi connectivity index (χ4n) is 1.77. The van der Waals surface area contributed by atoms with Gasteiger partial charge in [-0.1, -0.05) is 26.2 Å². The first-order valence-corrected chi connectivity index (χ1v) is 6.39. The predicted octanol–water partition coefficient (Wildman–Crippen LogP) is 2.90. The number of rotatable bonds is 6. The molecule has 0 amide bonds. The van der Waals surface area contributed by atoms with Crippen molar-refractivity contribution >= 4 is 17.3 Å². The van der Waals surface area contributed by atoms with Gasteiger partial charge >= 0.3 is 5.97 Å². The topological polar surface area (TPSA) is 78.3 Å². The van der Waals surface area contributed by atoms with Crippen LogP contribution in [0, 0.1) is 6.92 Å². The number of nitrogens with two attached hydrogens (primary N) is 2. The van der Waals surface area contributed by atoms with Gasteiger partial charge in [-0.3, -0.25) is 0 Å². The van der Waals surface area contributed by atoms with Crippen molar-refractivity contribution in [1.29, 1.82) is 0 Å². The van der Waals surface area contributed by atoms with Gasteiger partial charge in [-0.25, -0.2) is 4.79 Å². The Morgan fingerprint density at radius 1 is 1.22 bits per heavy atom. The molecule has 0 saturated heterocycles. The number of nitrogen functional groups attached to an aromatic ring is 2.